The van der Waals surface area contributed by atoms with Gasteiger partial charge in [-0.05, 0) is 55.5 Å². The van der Waals surface area contributed by atoms with Gasteiger partial charge in [0.2, 0.25) is 15.9 Å². The summed E-state index contributed by atoms with van der Waals surface area (Å²) in [6, 6.07) is 14.3. The molecule has 1 fully saturated rings. The van der Waals surface area contributed by atoms with Crippen molar-refractivity contribution in [1.82, 2.24) is 9.62 Å². The maximum atomic E-state index is 12.7. The van der Waals surface area contributed by atoms with E-state index < -0.39 is 10.0 Å². The maximum absolute atomic E-state index is 12.7. The third-order valence-electron chi connectivity index (χ3n) is 5.07. The number of carbonyl (C=O) groups excluding carboxylic acids is 1. The number of hydrogen-bond acceptors (Lipinski definition) is 3. The third-order valence-corrected chi connectivity index (χ3v) is 7.24. The van der Waals surface area contributed by atoms with Crippen LogP contribution < -0.4 is 5.32 Å². The van der Waals surface area contributed by atoms with Crippen molar-refractivity contribution >= 4 is 27.5 Å². The molecule has 2 aromatic carbocycles. The fraction of sp³-hybridized carbons (Fsp3) is 0.381. The molecule has 0 atom stereocenters. The quantitative estimate of drug-likeness (QED) is 0.773. The molecule has 0 spiro atoms. The molecule has 1 saturated heterocycles. The summed E-state index contributed by atoms with van der Waals surface area (Å²) in [4.78, 5) is 12.5. The number of carbonyl (C=O) groups is 1. The molecule has 1 heterocycles. The number of rotatable bonds is 6. The zero-order valence-electron chi connectivity index (χ0n) is 15.9. The molecule has 0 unspecified atom stereocenters. The summed E-state index contributed by atoms with van der Waals surface area (Å²) < 4.78 is 26.9. The smallest absolute Gasteiger partial charge is 0.243 e. The summed E-state index contributed by atoms with van der Waals surface area (Å²) in [6.07, 6.45) is 1.80. The van der Waals surface area contributed by atoms with Gasteiger partial charge in [0, 0.05) is 31.1 Å². The number of hydrogen-bond donors (Lipinski definition) is 1. The van der Waals surface area contributed by atoms with Crippen LogP contribution in [0.1, 0.15) is 30.4 Å². The average molecular weight is 421 g/mol. The van der Waals surface area contributed by atoms with Gasteiger partial charge in [0.1, 0.15) is 0 Å². The first kappa shape index (κ1) is 20.8. The van der Waals surface area contributed by atoms with Gasteiger partial charge in [-0.25, -0.2) is 8.42 Å². The Morgan fingerprint density at radius 2 is 1.82 bits per heavy atom. The second kappa shape index (κ2) is 9.07. The van der Waals surface area contributed by atoms with Crippen molar-refractivity contribution in [3.05, 3.63) is 64.7 Å². The molecule has 1 aliphatic heterocycles. The zero-order chi connectivity index (χ0) is 20.1. The first-order valence-corrected chi connectivity index (χ1v) is 11.2. The number of halogens is 1. The summed E-state index contributed by atoms with van der Waals surface area (Å²) >= 11 is 5.84. The SMILES string of the molecule is Cc1cccc(CNC(=O)CC2CCN(S(=O)(=O)c3ccc(Cl)cc3)CC2)c1. The second-order valence-corrected chi connectivity index (χ2v) is 9.65. The van der Waals surface area contributed by atoms with Crippen LogP contribution in [0, 0.1) is 12.8 Å². The van der Waals surface area contributed by atoms with E-state index in [1.54, 1.807) is 12.1 Å². The first-order valence-electron chi connectivity index (χ1n) is 9.42. The average Bonchev–Trinajstić information content (AvgIpc) is 2.67. The van der Waals surface area contributed by atoms with E-state index in [0.29, 0.717) is 43.9 Å². The minimum Gasteiger partial charge on any atom is -0.352 e. The van der Waals surface area contributed by atoms with Crippen molar-refractivity contribution in [2.24, 2.45) is 5.92 Å². The molecule has 5 nitrogen and oxygen atoms in total. The summed E-state index contributed by atoms with van der Waals surface area (Å²) in [5.41, 5.74) is 2.25. The van der Waals surface area contributed by atoms with Gasteiger partial charge in [-0.15, -0.1) is 0 Å². The van der Waals surface area contributed by atoms with Crippen LogP contribution in [0.15, 0.2) is 53.4 Å². The number of nitrogens with one attached hydrogen (secondary N) is 1. The highest BCUT2D eigenvalue weighted by molar-refractivity contribution is 7.89. The standard InChI is InChI=1S/C21H25ClN2O3S/c1-16-3-2-4-18(13-16)15-23-21(25)14-17-9-11-24(12-10-17)28(26,27)20-7-5-19(22)6-8-20/h2-8,13,17H,9-12,14-15H2,1H3,(H,23,25). The number of aryl methyl sites for hydroxylation is 1. The Morgan fingerprint density at radius 1 is 1.14 bits per heavy atom. The van der Waals surface area contributed by atoms with Crippen LogP contribution in [0.3, 0.4) is 0 Å². The highest BCUT2D eigenvalue weighted by Crippen LogP contribution is 2.26. The zero-order valence-corrected chi connectivity index (χ0v) is 17.5. The molecule has 0 radical (unpaired) electrons. The molecule has 0 saturated carbocycles. The fourth-order valence-corrected chi connectivity index (χ4v) is 5.06. The number of sulfonamides is 1. The van der Waals surface area contributed by atoms with E-state index in [1.165, 1.54) is 22.0 Å². The fourth-order valence-electron chi connectivity index (χ4n) is 3.47. The van der Waals surface area contributed by atoms with Crippen LogP contribution in [-0.4, -0.2) is 31.7 Å². The number of benzene rings is 2. The van der Waals surface area contributed by atoms with Gasteiger partial charge < -0.3 is 5.32 Å². The molecule has 0 bridgehead atoms. The van der Waals surface area contributed by atoms with Crippen LogP contribution in [0.2, 0.25) is 5.02 Å². The maximum Gasteiger partial charge on any atom is 0.243 e. The molecule has 1 N–H and O–H groups in total. The van der Waals surface area contributed by atoms with Crippen molar-refractivity contribution in [3.8, 4) is 0 Å². The Balaban J connectivity index is 1.48. The lowest BCUT2D eigenvalue weighted by Gasteiger charge is -2.31. The summed E-state index contributed by atoms with van der Waals surface area (Å²) in [5, 5.41) is 3.47. The minimum absolute atomic E-state index is 0.0144. The normalized spacial score (nSPS) is 16.1. The third kappa shape index (κ3) is 5.34. The van der Waals surface area contributed by atoms with Crippen molar-refractivity contribution in [2.45, 2.75) is 37.6 Å². The predicted molar refractivity (Wildman–Crippen MR) is 111 cm³/mol. The molecule has 150 valence electrons. The minimum atomic E-state index is -3.51. The summed E-state index contributed by atoms with van der Waals surface area (Å²) in [5.74, 6) is 0.217. The Labute approximate surface area is 171 Å². The summed E-state index contributed by atoms with van der Waals surface area (Å²) in [6.45, 7) is 3.41. The van der Waals surface area contributed by atoms with Gasteiger partial charge in [-0.2, -0.15) is 4.31 Å². The van der Waals surface area contributed by atoms with E-state index in [4.69, 9.17) is 11.6 Å². The molecule has 28 heavy (non-hydrogen) atoms. The Morgan fingerprint density at radius 3 is 2.46 bits per heavy atom. The lowest BCUT2D eigenvalue weighted by atomic mass is 9.94. The molecular formula is C21H25ClN2O3S. The molecule has 1 aliphatic rings. The van der Waals surface area contributed by atoms with Gasteiger partial charge in [0.05, 0.1) is 4.90 Å². The van der Waals surface area contributed by atoms with Crippen molar-refractivity contribution < 1.29 is 13.2 Å². The summed E-state index contributed by atoms with van der Waals surface area (Å²) in [7, 11) is -3.51. The Bertz CT molecular complexity index is 921. The topological polar surface area (TPSA) is 66.5 Å². The lowest BCUT2D eigenvalue weighted by Crippen LogP contribution is -2.39. The van der Waals surface area contributed by atoms with Gasteiger partial charge in [-0.1, -0.05) is 41.4 Å². The van der Waals surface area contributed by atoms with E-state index in [2.05, 4.69) is 11.4 Å². The van der Waals surface area contributed by atoms with Gasteiger partial charge in [0.25, 0.3) is 0 Å². The first-order chi connectivity index (χ1) is 13.3. The molecule has 1 amide bonds. The monoisotopic (exact) mass is 420 g/mol. The van der Waals surface area contributed by atoms with Crippen LogP contribution in [-0.2, 0) is 21.4 Å². The number of nitrogens with zero attached hydrogens (tertiary/aromatic N) is 1. The number of amides is 1. The van der Waals surface area contributed by atoms with Gasteiger partial charge >= 0.3 is 0 Å². The van der Waals surface area contributed by atoms with Crippen LogP contribution in [0.25, 0.3) is 0 Å². The highest BCUT2D eigenvalue weighted by atomic mass is 35.5. The Hall–Kier alpha value is -1.89. The number of piperidine rings is 1. The largest absolute Gasteiger partial charge is 0.352 e. The van der Waals surface area contributed by atoms with Crippen molar-refractivity contribution in [1.29, 1.82) is 0 Å². The van der Waals surface area contributed by atoms with Crippen LogP contribution >= 0.6 is 11.6 Å². The van der Waals surface area contributed by atoms with Crippen LogP contribution in [0.5, 0.6) is 0 Å². The molecule has 7 heteroatoms. The highest BCUT2D eigenvalue weighted by Gasteiger charge is 2.30. The predicted octanol–water partition coefficient (Wildman–Crippen LogP) is 3.76. The van der Waals surface area contributed by atoms with E-state index in [1.807, 2.05) is 25.1 Å². The van der Waals surface area contributed by atoms with Crippen LogP contribution in [0.4, 0.5) is 0 Å². The molecule has 3 rings (SSSR count). The molecule has 2 aromatic rings. The van der Waals surface area contributed by atoms with E-state index in [9.17, 15) is 13.2 Å². The van der Waals surface area contributed by atoms with Crippen molar-refractivity contribution in [2.75, 3.05) is 13.1 Å². The lowest BCUT2D eigenvalue weighted by molar-refractivity contribution is -0.122. The van der Waals surface area contributed by atoms with E-state index in [0.717, 1.165) is 5.56 Å². The molecule has 0 aromatic heterocycles. The molecule has 0 aliphatic carbocycles. The van der Waals surface area contributed by atoms with E-state index in [-0.39, 0.29) is 16.7 Å². The molecular weight excluding hydrogens is 396 g/mol. The second-order valence-electron chi connectivity index (χ2n) is 7.27. The van der Waals surface area contributed by atoms with Gasteiger partial charge in [0.15, 0.2) is 0 Å². The van der Waals surface area contributed by atoms with E-state index >= 15 is 0 Å². The van der Waals surface area contributed by atoms with Crippen molar-refractivity contribution in [3.63, 3.8) is 0 Å². The Kier molecular flexibility index (Phi) is 6.75. The van der Waals surface area contributed by atoms with Gasteiger partial charge in [-0.3, -0.25) is 4.79 Å².